The molecule has 3 unspecified atom stereocenters. The Morgan fingerprint density at radius 1 is 1.44 bits per heavy atom. The van der Waals surface area contributed by atoms with E-state index in [1.165, 1.54) is 6.42 Å². The second-order valence-electron chi connectivity index (χ2n) is 3.24. The molecule has 2 saturated heterocycles. The summed E-state index contributed by atoms with van der Waals surface area (Å²) in [5, 5.41) is 0. The molecule has 0 aromatic rings. The lowest BCUT2D eigenvalue weighted by Gasteiger charge is -2.26. The maximum atomic E-state index is 5.38. The molecule has 52 valence electrons. The van der Waals surface area contributed by atoms with E-state index in [1.807, 2.05) is 0 Å². The zero-order valence-electron chi connectivity index (χ0n) is 6.00. The van der Waals surface area contributed by atoms with Gasteiger partial charge in [0.2, 0.25) is 0 Å². The molecular weight excluding hydrogens is 114 g/mol. The Hall–Kier alpha value is -0.0800. The molecule has 0 aliphatic carbocycles. The van der Waals surface area contributed by atoms with Crippen molar-refractivity contribution in [2.45, 2.75) is 31.6 Å². The first-order valence-electron chi connectivity index (χ1n) is 3.63. The fourth-order valence-corrected chi connectivity index (χ4v) is 1.53. The number of rotatable bonds is 0. The van der Waals surface area contributed by atoms with Crippen LogP contribution in [0.15, 0.2) is 0 Å². The monoisotopic (exact) mass is 127 g/mol. The second-order valence-corrected chi connectivity index (χ2v) is 3.24. The third-order valence-corrected chi connectivity index (χ3v) is 2.48. The van der Waals surface area contributed by atoms with Crippen molar-refractivity contribution in [1.82, 2.24) is 4.90 Å². The molecule has 0 N–H and O–H groups in total. The molecule has 0 aromatic carbocycles. The van der Waals surface area contributed by atoms with Gasteiger partial charge in [-0.15, -0.1) is 0 Å². The van der Waals surface area contributed by atoms with Gasteiger partial charge in [-0.25, -0.2) is 0 Å². The van der Waals surface area contributed by atoms with Gasteiger partial charge in [-0.05, 0) is 20.4 Å². The van der Waals surface area contributed by atoms with Crippen molar-refractivity contribution in [1.29, 1.82) is 0 Å². The molecule has 2 aliphatic rings. The Kier molecular flexibility index (Phi) is 1.08. The van der Waals surface area contributed by atoms with Crippen molar-refractivity contribution >= 4 is 0 Å². The third-order valence-electron chi connectivity index (χ3n) is 2.48. The summed E-state index contributed by atoms with van der Waals surface area (Å²) in [6.07, 6.45) is 2.45. The van der Waals surface area contributed by atoms with Gasteiger partial charge in [0.15, 0.2) is 0 Å². The number of likely N-dealkylation sites (tertiary alicyclic amines) is 1. The highest BCUT2D eigenvalue weighted by molar-refractivity contribution is 4.94. The van der Waals surface area contributed by atoms with E-state index >= 15 is 0 Å². The van der Waals surface area contributed by atoms with Crippen molar-refractivity contribution in [3.8, 4) is 0 Å². The van der Waals surface area contributed by atoms with E-state index in [-0.39, 0.29) is 0 Å². The Bertz CT molecular complexity index is 112. The molecule has 0 radical (unpaired) electrons. The summed E-state index contributed by atoms with van der Waals surface area (Å²) in [6.45, 7) is 3.41. The fraction of sp³-hybridized carbons (Fsp3) is 1.00. The summed E-state index contributed by atoms with van der Waals surface area (Å²) in [6, 6.07) is 0.730. The van der Waals surface area contributed by atoms with Crippen LogP contribution < -0.4 is 0 Å². The topological polar surface area (TPSA) is 15.8 Å². The van der Waals surface area contributed by atoms with Crippen LogP contribution in [-0.2, 0) is 4.74 Å². The van der Waals surface area contributed by atoms with Crippen LogP contribution in [0.1, 0.15) is 13.3 Å². The second kappa shape index (κ2) is 1.70. The predicted molar refractivity (Wildman–Crippen MR) is 35.4 cm³/mol. The normalized spacial score (nSPS) is 50.7. The van der Waals surface area contributed by atoms with E-state index in [9.17, 15) is 0 Å². The first-order chi connectivity index (χ1) is 4.27. The summed E-state index contributed by atoms with van der Waals surface area (Å²) in [7, 11) is 2.17. The average Bonchev–Trinajstić information content (AvgIpc) is 2.46. The minimum atomic E-state index is 0.589. The molecule has 0 spiro atoms. The lowest BCUT2D eigenvalue weighted by atomic mass is 10.1. The smallest absolute Gasteiger partial charge is 0.0968 e. The zero-order valence-corrected chi connectivity index (χ0v) is 6.00. The van der Waals surface area contributed by atoms with E-state index in [0.717, 1.165) is 12.6 Å². The third kappa shape index (κ3) is 0.864. The molecule has 0 aromatic heterocycles. The number of nitrogens with zero attached hydrogens (tertiary/aromatic N) is 1. The quantitative estimate of drug-likeness (QED) is 0.440. The van der Waals surface area contributed by atoms with Crippen molar-refractivity contribution < 1.29 is 4.74 Å². The van der Waals surface area contributed by atoms with Gasteiger partial charge in [-0.2, -0.15) is 0 Å². The van der Waals surface area contributed by atoms with E-state index in [4.69, 9.17) is 4.74 Å². The van der Waals surface area contributed by atoms with Crippen LogP contribution in [0.5, 0.6) is 0 Å². The summed E-state index contributed by atoms with van der Waals surface area (Å²) < 4.78 is 5.38. The molecule has 0 bridgehead atoms. The Balaban J connectivity index is 1.98. The summed E-state index contributed by atoms with van der Waals surface area (Å²) >= 11 is 0. The SMILES string of the molecule is CC1CC2OC2CN1C. The molecule has 0 amide bonds. The van der Waals surface area contributed by atoms with Crippen LogP contribution in [0, 0.1) is 0 Å². The Morgan fingerprint density at radius 2 is 2.22 bits per heavy atom. The minimum Gasteiger partial charge on any atom is -0.368 e. The van der Waals surface area contributed by atoms with Crippen molar-refractivity contribution in [3.63, 3.8) is 0 Å². The van der Waals surface area contributed by atoms with Crippen LogP contribution >= 0.6 is 0 Å². The standard InChI is InChI=1S/C7H13NO/c1-5-3-6-7(9-6)4-8(5)2/h5-7H,3-4H2,1-2H3. The average molecular weight is 127 g/mol. The number of epoxide rings is 1. The molecule has 2 rings (SSSR count). The molecule has 2 heteroatoms. The zero-order chi connectivity index (χ0) is 6.43. The van der Waals surface area contributed by atoms with Gasteiger partial charge in [-0.1, -0.05) is 0 Å². The highest BCUT2D eigenvalue weighted by Gasteiger charge is 2.44. The maximum Gasteiger partial charge on any atom is 0.0968 e. The van der Waals surface area contributed by atoms with Crippen LogP contribution in [0.25, 0.3) is 0 Å². The van der Waals surface area contributed by atoms with E-state index in [2.05, 4.69) is 18.9 Å². The summed E-state index contributed by atoms with van der Waals surface area (Å²) in [4.78, 5) is 2.37. The van der Waals surface area contributed by atoms with Gasteiger partial charge in [0.25, 0.3) is 0 Å². The Morgan fingerprint density at radius 3 is 2.89 bits per heavy atom. The van der Waals surface area contributed by atoms with Crippen LogP contribution in [0.3, 0.4) is 0 Å². The predicted octanol–water partition coefficient (Wildman–Crippen LogP) is 0.478. The number of hydrogen-bond acceptors (Lipinski definition) is 2. The molecule has 2 heterocycles. The molecular formula is C7H13NO. The molecule has 0 saturated carbocycles. The lowest BCUT2D eigenvalue weighted by Crippen LogP contribution is -2.38. The van der Waals surface area contributed by atoms with Crippen LogP contribution in [-0.4, -0.2) is 36.7 Å². The number of hydrogen-bond donors (Lipinski definition) is 0. The highest BCUT2D eigenvalue weighted by atomic mass is 16.6. The molecule has 2 aliphatic heterocycles. The van der Waals surface area contributed by atoms with Crippen molar-refractivity contribution in [2.24, 2.45) is 0 Å². The Labute approximate surface area is 55.8 Å². The first kappa shape index (κ1) is 5.69. The number of fused-ring (bicyclic) bond motifs is 1. The largest absolute Gasteiger partial charge is 0.368 e. The minimum absolute atomic E-state index is 0.589. The highest BCUT2D eigenvalue weighted by Crippen LogP contribution is 2.32. The van der Waals surface area contributed by atoms with Crippen LogP contribution in [0.4, 0.5) is 0 Å². The van der Waals surface area contributed by atoms with E-state index < -0.39 is 0 Å². The summed E-state index contributed by atoms with van der Waals surface area (Å²) in [5.74, 6) is 0. The van der Waals surface area contributed by atoms with Gasteiger partial charge >= 0.3 is 0 Å². The van der Waals surface area contributed by atoms with Gasteiger partial charge in [0.05, 0.1) is 12.2 Å². The molecule has 9 heavy (non-hydrogen) atoms. The van der Waals surface area contributed by atoms with Crippen molar-refractivity contribution in [2.75, 3.05) is 13.6 Å². The van der Waals surface area contributed by atoms with Gasteiger partial charge in [0.1, 0.15) is 0 Å². The fourth-order valence-electron chi connectivity index (χ4n) is 1.53. The molecule has 3 atom stereocenters. The van der Waals surface area contributed by atoms with Gasteiger partial charge in [-0.3, -0.25) is 0 Å². The first-order valence-corrected chi connectivity index (χ1v) is 3.63. The maximum absolute atomic E-state index is 5.38. The molecule has 2 nitrogen and oxygen atoms in total. The molecule has 2 fully saturated rings. The number of ether oxygens (including phenoxy) is 1. The van der Waals surface area contributed by atoms with Crippen molar-refractivity contribution in [3.05, 3.63) is 0 Å². The van der Waals surface area contributed by atoms with E-state index in [0.29, 0.717) is 12.2 Å². The summed E-state index contributed by atoms with van der Waals surface area (Å²) in [5.41, 5.74) is 0. The number of likely N-dealkylation sites (N-methyl/N-ethyl adjacent to an activating group) is 1. The lowest BCUT2D eigenvalue weighted by molar-refractivity contribution is 0.222. The van der Waals surface area contributed by atoms with Gasteiger partial charge in [0, 0.05) is 12.6 Å². The van der Waals surface area contributed by atoms with E-state index in [1.54, 1.807) is 0 Å². The van der Waals surface area contributed by atoms with Crippen LogP contribution in [0.2, 0.25) is 0 Å². The van der Waals surface area contributed by atoms with Gasteiger partial charge < -0.3 is 9.64 Å². The number of piperidine rings is 1.